The SMILES string of the molecule is CC(C)c1ccc(CN(C)S(=O)(=O)c2ccn[nH]2)cc1. The largest absolute Gasteiger partial charge is 0.266 e. The van der Waals surface area contributed by atoms with Crippen LogP contribution in [0.5, 0.6) is 0 Å². The molecule has 0 aliphatic heterocycles. The molecule has 2 rings (SSSR count). The van der Waals surface area contributed by atoms with Crippen molar-refractivity contribution in [3.05, 3.63) is 47.7 Å². The highest BCUT2D eigenvalue weighted by Crippen LogP contribution is 2.17. The number of H-pyrrole nitrogens is 1. The van der Waals surface area contributed by atoms with Gasteiger partial charge in [0.2, 0.25) is 0 Å². The molecule has 0 radical (unpaired) electrons. The summed E-state index contributed by atoms with van der Waals surface area (Å²) in [5, 5.41) is 6.28. The summed E-state index contributed by atoms with van der Waals surface area (Å²) >= 11 is 0. The molecule has 1 aromatic heterocycles. The van der Waals surface area contributed by atoms with Crippen LogP contribution >= 0.6 is 0 Å². The van der Waals surface area contributed by atoms with E-state index in [9.17, 15) is 8.42 Å². The van der Waals surface area contributed by atoms with E-state index in [1.54, 1.807) is 7.05 Å². The Kier molecular flexibility index (Phi) is 4.25. The Morgan fingerprint density at radius 2 is 1.85 bits per heavy atom. The number of hydrogen-bond donors (Lipinski definition) is 1. The molecule has 0 unspecified atom stereocenters. The van der Waals surface area contributed by atoms with Gasteiger partial charge in [0.15, 0.2) is 5.03 Å². The average molecular weight is 293 g/mol. The van der Waals surface area contributed by atoms with Crippen molar-refractivity contribution in [2.45, 2.75) is 31.3 Å². The molecule has 0 saturated carbocycles. The van der Waals surface area contributed by atoms with Gasteiger partial charge in [0.1, 0.15) is 0 Å². The van der Waals surface area contributed by atoms with Crippen molar-refractivity contribution < 1.29 is 8.42 Å². The molecule has 0 atom stereocenters. The highest BCUT2D eigenvalue weighted by molar-refractivity contribution is 7.89. The molecule has 5 nitrogen and oxygen atoms in total. The molecule has 0 aliphatic carbocycles. The lowest BCUT2D eigenvalue weighted by Gasteiger charge is -2.16. The van der Waals surface area contributed by atoms with Crippen LogP contribution in [0.25, 0.3) is 0 Å². The van der Waals surface area contributed by atoms with Crippen LogP contribution in [0.15, 0.2) is 41.6 Å². The summed E-state index contributed by atoms with van der Waals surface area (Å²) in [7, 11) is -1.94. The van der Waals surface area contributed by atoms with Gasteiger partial charge in [0.25, 0.3) is 10.0 Å². The smallest absolute Gasteiger partial charge is 0.260 e. The van der Waals surface area contributed by atoms with Gasteiger partial charge in [0, 0.05) is 13.6 Å². The van der Waals surface area contributed by atoms with Crippen molar-refractivity contribution in [2.24, 2.45) is 0 Å². The zero-order valence-corrected chi connectivity index (χ0v) is 12.7. The monoisotopic (exact) mass is 293 g/mol. The van der Waals surface area contributed by atoms with E-state index in [1.807, 2.05) is 24.3 Å². The number of nitrogens with zero attached hydrogens (tertiary/aromatic N) is 2. The second-order valence-electron chi connectivity index (χ2n) is 5.08. The van der Waals surface area contributed by atoms with E-state index in [2.05, 4.69) is 24.0 Å². The zero-order valence-electron chi connectivity index (χ0n) is 11.9. The second-order valence-corrected chi connectivity index (χ2v) is 7.09. The fraction of sp³-hybridized carbons (Fsp3) is 0.357. The first-order chi connectivity index (χ1) is 9.41. The molecule has 0 amide bonds. The number of aromatic nitrogens is 2. The minimum Gasteiger partial charge on any atom is -0.266 e. The van der Waals surface area contributed by atoms with Gasteiger partial charge in [-0.1, -0.05) is 38.1 Å². The van der Waals surface area contributed by atoms with Gasteiger partial charge in [-0.25, -0.2) is 8.42 Å². The Balaban J connectivity index is 2.14. The van der Waals surface area contributed by atoms with Gasteiger partial charge in [-0.05, 0) is 23.1 Å². The summed E-state index contributed by atoms with van der Waals surface area (Å²) in [6.07, 6.45) is 1.43. The third-order valence-corrected chi connectivity index (χ3v) is 4.95. The summed E-state index contributed by atoms with van der Waals surface area (Å²) in [4.78, 5) is 0. The standard InChI is InChI=1S/C14H19N3O2S/c1-11(2)13-6-4-12(5-7-13)10-17(3)20(18,19)14-8-9-15-16-14/h4-9,11H,10H2,1-3H3,(H,15,16). The van der Waals surface area contributed by atoms with Crippen molar-refractivity contribution in [3.63, 3.8) is 0 Å². The molecule has 1 heterocycles. The minimum atomic E-state index is -3.51. The first kappa shape index (κ1) is 14.7. The molecule has 2 aromatic rings. The Morgan fingerprint density at radius 1 is 1.20 bits per heavy atom. The second kappa shape index (κ2) is 5.76. The van der Waals surface area contributed by atoms with Gasteiger partial charge in [0.05, 0.1) is 6.20 Å². The fourth-order valence-corrected chi connectivity index (χ4v) is 2.96. The number of nitrogens with one attached hydrogen (secondary N) is 1. The Morgan fingerprint density at radius 3 is 2.35 bits per heavy atom. The molecule has 108 valence electrons. The van der Waals surface area contributed by atoms with Crippen molar-refractivity contribution >= 4 is 10.0 Å². The molecule has 1 aromatic carbocycles. The number of rotatable bonds is 5. The van der Waals surface area contributed by atoms with E-state index in [4.69, 9.17) is 0 Å². The predicted octanol–water partition coefficient (Wildman–Crippen LogP) is 2.35. The molecular formula is C14H19N3O2S. The van der Waals surface area contributed by atoms with Crippen LogP contribution in [0.2, 0.25) is 0 Å². The summed E-state index contributed by atoms with van der Waals surface area (Å²) in [6, 6.07) is 9.46. The van der Waals surface area contributed by atoms with Crippen molar-refractivity contribution in [1.82, 2.24) is 14.5 Å². The lowest BCUT2D eigenvalue weighted by molar-refractivity contribution is 0.463. The Hall–Kier alpha value is -1.66. The van der Waals surface area contributed by atoms with E-state index >= 15 is 0 Å². The Labute approximate surface area is 119 Å². The first-order valence-corrected chi connectivity index (χ1v) is 7.90. The number of benzene rings is 1. The molecule has 0 saturated heterocycles. The van der Waals surface area contributed by atoms with Crippen LogP contribution < -0.4 is 0 Å². The summed E-state index contributed by atoms with van der Waals surface area (Å²) < 4.78 is 25.8. The van der Waals surface area contributed by atoms with Crippen molar-refractivity contribution in [2.75, 3.05) is 7.05 Å². The van der Waals surface area contributed by atoms with Gasteiger partial charge in [-0.3, -0.25) is 5.10 Å². The highest BCUT2D eigenvalue weighted by Gasteiger charge is 2.22. The molecular weight excluding hydrogens is 274 g/mol. The third kappa shape index (κ3) is 3.08. The van der Waals surface area contributed by atoms with Crippen LogP contribution in [0.4, 0.5) is 0 Å². The van der Waals surface area contributed by atoms with Crippen molar-refractivity contribution in [1.29, 1.82) is 0 Å². The van der Waals surface area contributed by atoms with Crippen molar-refractivity contribution in [3.8, 4) is 0 Å². The Bertz CT molecular complexity index is 646. The molecule has 6 heteroatoms. The number of hydrogen-bond acceptors (Lipinski definition) is 3. The summed E-state index contributed by atoms with van der Waals surface area (Å²) in [6.45, 7) is 4.59. The maximum Gasteiger partial charge on any atom is 0.260 e. The minimum absolute atomic E-state index is 0.110. The molecule has 1 N–H and O–H groups in total. The van der Waals surface area contributed by atoms with Gasteiger partial charge in [-0.15, -0.1) is 0 Å². The van der Waals surface area contributed by atoms with E-state index in [-0.39, 0.29) is 5.03 Å². The van der Waals surface area contributed by atoms with E-state index in [0.29, 0.717) is 12.5 Å². The zero-order chi connectivity index (χ0) is 14.8. The topological polar surface area (TPSA) is 66.1 Å². The summed E-state index contributed by atoms with van der Waals surface area (Å²) in [5.41, 5.74) is 2.20. The van der Waals surface area contributed by atoms with Crippen LogP contribution in [0.1, 0.15) is 30.9 Å². The predicted molar refractivity (Wildman–Crippen MR) is 77.8 cm³/mol. The fourth-order valence-electron chi connectivity index (χ4n) is 1.90. The molecule has 0 spiro atoms. The maximum atomic E-state index is 12.2. The van der Waals surface area contributed by atoms with E-state index in [1.165, 1.54) is 22.1 Å². The quantitative estimate of drug-likeness (QED) is 0.920. The highest BCUT2D eigenvalue weighted by atomic mass is 32.2. The maximum absolute atomic E-state index is 12.2. The lowest BCUT2D eigenvalue weighted by atomic mass is 10.0. The average Bonchev–Trinajstić information content (AvgIpc) is 2.93. The summed E-state index contributed by atoms with van der Waals surface area (Å²) in [5.74, 6) is 0.468. The molecule has 0 fully saturated rings. The van der Waals surface area contributed by atoms with Gasteiger partial charge >= 0.3 is 0 Å². The number of aromatic amines is 1. The van der Waals surface area contributed by atoms with Gasteiger partial charge < -0.3 is 0 Å². The lowest BCUT2D eigenvalue weighted by Crippen LogP contribution is -2.26. The first-order valence-electron chi connectivity index (χ1n) is 6.46. The molecule has 20 heavy (non-hydrogen) atoms. The van der Waals surface area contributed by atoms with Gasteiger partial charge in [-0.2, -0.15) is 9.40 Å². The normalized spacial score (nSPS) is 12.2. The van der Waals surface area contributed by atoms with Crippen LogP contribution in [0.3, 0.4) is 0 Å². The molecule has 0 aliphatic rings. The van der Waals surface area contributed by atoms with E-state index in [0.717, 1.165) is 5.56 Å². The number of sulfonamides is 1. The van der Waals surface area contributed by atoms with Crippen LogP contribution in [-0.2, 0) is 16.6 Å². The third-order valence-electron chi connectivity index (χ3n) is 3.22. The van der Waals surface area contributed by atoms with Crippen LogP contribution in [-0.4, -0.2) is 30.0 Å². The molecule has 0 bridgehead atoms. The van der Waals surface area contributed by atoms with Crippen LogP contribution in [0, 0.1) is 0 Å². The van der Waals surface area contributed by atoms with E-state index < -0.39 is 10.0 Å².